The Morgan fingerprint density at radius 3 is 2.80 bits per heavy atom. The van der Waals surface area contributed by atoms with Gasteiger partial charge >= 0.3 is 0 Å². The average molecular weight is 414 g/mol. The first-order valence-corrected chi connectivity index (χ1v) is 8.93. The van der Waals surface area contributed by atoms with Gasteiger partial charge in [0, 0.05) is 35.7 Å². The standard InChI is InChI=1S/C19H14BrClN4/c20-18-11-24-19-17(23-10-13-3-2-6-22-9-13)8-15(12-25(18)19)14-4-1-5-16(21)7-14/h1-9,11-12,23H,10H2. The van der Waals surface area contributed by atoms with Crippen LogP contribution in [-0.2, 0) is 6.54 Å². The van der Waals surface area contributed by atoms with Gasteiger partial charge in [0.1, 0.15) is 4.60 Å². The van der Waals surface area contributed by atoms with E-state index >= 15 is 0 Å². The highest BCUT2D eigenvalue weighted by molar-refractivity contribution is 9.10. The molecule has 0 saturated heterocycles. The lowest BCUT2D eigenvalue weighted by Gasteiger charge is -2.11. The first-order chi connectivity index (χ1) is 12.2. The van der Waals surface area contributed by atoms with Gasteiger partial charge in [-0.05, 0) is 51.3 Å². The van der Waals surface area contributed by atoms with Crippen LogP contribution in [-0.4, -0.2) is 14.4 Å². The minimum atomic E-state index is 0.674. The monoisotopic (exact) mass is 412 g/mol. The van der Waals surface area contributed by atoms with E-state index in [1.54, 1.807) is 12.4 Å². The fourth-order valence-corrected chi connectivity index (χ4v) is 3.28. The molecule has 124 valence electrons. The van der Waals surface area contributed by atoms with Crippen molar-refractivity contribution in [2.75, 3.05) is 5.32 Å². The molecule has 0 amide bonds. The van der Waals surface area contributed by atoms with Crippen LogP contribution < -0.4 is 5.32 Å². The normalized spacial score (nSPS) is 11.0. The molecular weight excluding hydrogens is 400 g/mol. The molecule has 0 aliphatic carbocycles. The molecular formula is C19H14BrClN4. The Morgan fingerprint density at radius 1 is 1.08 bits per heavy atom. The third-order valence-electron chi connectivity index (χ3n) is 3.92. The second kappa shape index (κ2) is 6.86. The van der Waals surface area contributed by atoms with Crippen molar-refractivity contribution in [2.24, 2.45) is 0 Å². The van der Waals surface area contributed by atoms with Crippen LogP contribution in [0.1, 0.15) is 5.56 Å². The molecule has 6 heteroatoms. The van der Waals surface area contributed by atoms with Crippen molar-refractivity contribution >= 4 is 38.9 Å². The summed E-state index contributed by atoms with van der Waals surface area (Å²) in [7, 11) is 0. The molecule has 25 heavy (non-hydrogen) atoms. The summed E-state index contributed by atoms with van der Waals surface area (Å²) in [6.45, 7) is 0.674. The Morgan fingerprint density at radius 2 is 2.00 bits per heavy atom. The zero-order valence-electron chi connectivity index (χ0n) is 13.2. The highest BCUT2D eigenvalue weighted by Gasteiger charge is 2.10. The van der Waals surface area contributed by atoms with Crippen molar-refractivity contribution < 1.29 is 0 Å². The zero-order chi connectivity index (χ0) is 17.2. The number of imidazole rings is 1. The topological polar surface area (TPSA) is 42.2 Å². The lowest BCUT2D eigenvalue weighted by atomic mass is 10.1. The van der Waals surface area contributed by atoms with Crippen molar-refractivity contribution in [1.29, 1.82) is 0 Å². The summed E-state index contributed by atoms with van der Waals surface area (Å²) in [6.07, 6.45) is 7.47. The molecule has 0 spiro atoms. The fourth-order valence-electron chi connectivity index (χ4n) is 2.71. The predicted octanol–water partition coefficient (Wildman–Crippen LogP) is 5.42. The summed E-state index contributed by atoms with van der Waals surface area (Å²) in [5.41, 5.74) is 5.04. The van der Waals surface area contributed by atoms with Crippen LogP contribution in [0.4, 0.5) is 5.69 Å². The molecule has 4 rings (SSSR count). The van der Waals surface area contributed by atoms with Gasteiger partial charge in [-0.1, -0.05) is 29.8 Å². The third-order valence-corrected chi connectivity index (χ3v) is 4.75. The number of rotatable bonds is 4. The smallest absolute Gasteiger partial charge is 0.161 e. The number of nitrogens with one attached hydrogen (secondary N) is 1. The highest BCUT2D eigenvalue weighted by Crippen LogP contribution is 2.29. The first kappa shape index (κ1) is 16.1. The molecule has 0 aliphatic heterocycles. The number of nitrogens with zero attached hydrogens (tertiary/aromatic N) is 3. The number of hydrogen-bond acceptors (Lipinski definition) is 3. The summed E-state index contributed by atoms with van der Waals surface area (Å²) in [5, 5.41) is 4.18. The van der Waals surface area contributed by atoms with E-state index < -0.39 is 0 Å². The molecule has 0 fully saturated rings. The number of benzene rings is 1. The van der Waals surface area contributed by atoms with Crippen molar-refractivity contribution in [2.45, 2.75) is 6.54 Å². The zero-order valence-corrected chi connectivity index (χ0v) is 15.5. The molecule has 3 aromatic heterocycles. The number of aromatic nitrogens is 3. The van der Waals surface area contributed by atoms with Crippen LogP contribution in [0, 0.1) is 0 Å². The lowest BCUT2D eigenvalue weighted by molar-refractivity contribution is 1.09. The highest BCUT2D eigenvalue weighted by atomic mass is 79.9. The van der Waals surface area contributed by atoms with E-state index in [2.05, 4.69) is 37.3 Å². The Kier molecular flexibility index (Phi) is 4.42. The van der Waals surface area contributed by atoms with Crippen LogP contribution in [0.3, 0.4) is 0 Å². The maximum atomic E-state index is 6.15. The Labute approximate surface area is 158 Å². The molecule has 1 N–H and O–H groups in total. The van der Waals surface area contributed by atoms with E-state index in [9.17, 15) is 0 Å². The van der Waals surface area contributed by atoms with Crippen LogP contribution in [0.2, 0.25) is 5.02 Å². The summed E-state index contributed by atoms with van der Waals surface area (Å²) in [6, 6.07) is 13.9. The molecule has 0 saturated carbocycles. The van der Waals surface area contributed by atoms with Gasteiger partial charge < -0.3 is 5.32 Å². The van der Waals surface area contributed by atoms with E-state index in [1.165, 1.54) is 0 Å². The molecule has 4 nitrogen and oxygen atoms in total. The Bertz CT molecular complexity index is 1030. The van der Waals surface area contributed by atoms with Gasteiger partial charge in [-0.3, -0.25) is 9.38 Å². The molecule has 0 atom stereocenters. The quantitative estimate of drug-likeness (QED) is 0.485. The SMILES string of the molecule is Clc1cccc(-c2cc(NCc3cccnc3)c3ncc(Br)n3c2)c1. The van der Waals surface area contributed by atoms with E-state index in [4.69, 9.17) is 11.6 Å². The van der Waals surface area contributed by atoms with Crippen LogP contribution in [0.5, 0.6) is 0 Å². The Hall–Kier alpha value is -2.37. The molecule has 0 bridgehead atoms. The lowest BCUT2D eigenvalue weighted by Crippen LogP contribution is -2.02. The van der Waals surface area contributed by atoms with Gasteiger partial charge in [-0.25, -0.2) is 4.98 Å². The van der Waals surface area contributed by atoms with Gasteiger partial charge in [-0.2, -0.15) is 0 Å². The minimum absolute atomic E-state index is 0.674. The third kappa shape index (κ3) is 3.38. The van der Waals surface area contributed by atoms with E-state index in [1.807, 2.05) is 53.2 Å². The number of anilines is 1. The van der Waals surface area contributed by atoms with E-state index in [0.717, 1.165) is 32.6 Å². The summed E-state index contributed by atoms with van der Waals surface area (Å²) < 4.78 is 2.91. The molecule has 0 radical (unpaired) electrons. The molecule has 4 aromatic rings. The average Bonchev–Trinajstić information content (AvgIpc) is 3.02. The van der Waals surface area contributed by atoms with Crippen molar-refractivity contribution in [3.8, 4) is 11.1 Å². The maximum absolute atomic E-state index is 6.15. The van der Waals surface area contributed by atoms with Gasteiger partial charge in [0.05, 0.1) is 11.9 Å². The molecule has 0 aliphatic rings. The van der Waals surface area contributed by atoms with Gasteiger partial charge in [0.15, 0.2) is 5.65 Å². The molecule has 3 heterocycles. The summed E-state index contributed by atoms with van der Waals surface area (Å²) in [4.78, 5) is 8.65. The summed E-state index contributed by atoms with van der Waals surface area (Å²) in [5.74, 6) is 0. The minimum Gasteiger partial charge on any atom is -0.378 e. The van der Waals surface area contributed by atoms with E-state index in [0.29, 0.717) is 11.6 Å². The van der Waals surface area contributed by atoms with Crippen LogP contribution in [0.15, 0.2) is 71.9 Å². The number of fused-ring (bicyclic) bond motifs is 1. The van der Waals surface area contributed by atoms with Gasteiger partial charge in [0.2, 0.25) is 0 Å². The fraction of sp³-hybridized carbons (Fsp3) is 0.0526. The predicted molar refractivity (Wildman–Crippen MR) is 105 cm³/mol. The van der Waals surface area contributed by atoms with Gasteiger partial charge in [0.25, 0.3) is 0 Å². The maximum Gasteiger partial charge on any atom is 0.161 e. The van der Waals surface area contributed by atoms with Crippen LogP contribution >= 0.6 is 27.5 Å². The van der Waals surface area contributed by atoms with Crippen molar-refractivity contribution in [1.82, 2.24) is 14.4 Å². The number of pyridine rings is 2. The first-order valence-electron chi connectivity index (χ1n) is 7.76. The van der Waals surface area contributed by atoms with Crippen LogP contribution in [0.25, 0.3) is 16.8 Å². The molecule has 1 aromatic carbocycles. The number of hydrogen-bond donors (Lipinski definition) is 1. The summed E-state index contributed by atoms with van der Waals surface area (Å²) >= 11 is 9.71. The van der Waals surface area contributed by atoms with Crippen molar-refractivity contribution in [3.05, 3.63) is 82.4 Å². The second-order valence-electron chi connectivity index (χ2n) is 5.64. The number of halogens is 2. The largest absolute Gasteiger partial charge is 0.378 e. The second-order valence-corrected chi connectivity index (χ2v) is 6.89. The van der Waals surface area contributed by atoms with E-state index in [-0.39, 0.29) is 0 Å². The molecule has 0 unspecified atom stereocenters. The Balaban J connectivity index is 1.77. The van der Waals surface area contributed by atoms with Gasteiger partial charge in [-0.15, -0.1) is 0 Å². The van der Waals surface area contributed by atoms with Crippen molar-refractivity contribution in [3.63, 3.8) is 0 Å².